The SMILES string of the molecule is CCN(CC)S(=O)(=O)c1ccc(N/N=C(\C)c2ccc(C#N)cc2)c([N+](=O)[O-])c1. The van der Waals surface area contributed by atoms with E-state index in [2.05, 4.69) is 10.5 Å². The second-order valence-electron chi connectivity index (χ2n) is 6.02. The molecule has 29 heavy (non-hydrogen) atoms. The van der Waals surface area contributed by atoms with Crippen LogP contribution in [0.15, 0.2) is 52.5 Å². The maximum atomic E-state index is 12.6. The predicted molar refractivity (Wildman–Crippen MR) is 110 cm³/mol. The summed E-state index contributed by atoms with van der Waals surface area (Å²) in [7, 11) is -3.82. The van der Waals surface area contributed by atoms with Gasteiger partial charge in [-0.25, -0.2) is 8.42 Å². The van der Waals surface area contributed by atoms with Crippen molar-refractivity contribution in [3.8, 4) is 6.07 Å². The molecule has 1 N–H and O–H groups in total. The summed E-state index contributed by atoms with van der Waals surface area (Å²) in [6.07, 6.45) is 0. The van der Waals surface area contributed by atoms with Crippen LogP contribution in [0.4, 0.5) is 11.4 Å². The van der Waals surface area contributed by atoms with E-state index in [4.69, 9.17) is 5.26 Å². The quantitative estimate of drug-likeness (QED) is 0.400. The van der Waals surface area contributed by atoms with Crippen LogP contribution >= 0.6 is 0 Å². The van der Waals surface area contributed by atoms with Gasteiger partial charge in [0.1, 0.15) is 5.69 Å². The van der Waals surface area contributed by atoms with Gasteiger partial charge in [0.25, 0.3) is 5.69 Å². The summed E-state index contributed by atoms with van der Waals surface area (Å²) in [5.74, 6) is 0. The van der Waals surface area contributed by atoms with E-state index in [-0.39, 0.29) is 23.7 Å². The lowest BCUT2D eigenvalue weighted by Gasteiger charge is -2.18. The van der Waals surface area contributed by atoms with Gasteiger partial charge in [0.05, 0.1) is 27.2 Å². The van der Waals surface area contributed by atoms with Gasteiger partial charge in [0, 0.05) is 19.2 Å². The van der Waals surface area contributed by atoms with Crippen molar-refractivity contribution >= 4 is 27.1 Å². The van der Waals surface area contributed by atoms with Crippen LogP contribution in [0.3, 0.4) is 0 Å². The highest BCUT2D eigenvalue weighted by atomic mass is 32.2. The Morgan fingerprint density at radius 1 is 1.21 bits per heavy atom. The summed E-state index contributed by atoms with van der Waals surface area (Å²) in [4.78, 5) is 10.7. The lowest BCUT2D eigenvalue weighted by molar-refractivity contribution is -0.384. The van der Waals surface area contributed by atoms with Gasteiger partial charge < -0.3 is 0 Å². The lowest BCUT2D eigenvalue weighted by Crippen LogP contribution is -2.30. The number of benzene rings is 2. The second kappa shape index (κ2) is 9.27. The molecule has 9 nitrogen and oxygen atoms in total. The van der Waals surface area contributed by atoms with E-state index in [9.17, 15) is 18.5 Å². The minimum absolute atomic E-state index is 0.0708. The summed E-state index contributed by atoms with van der Waals surface area (Å²) >= 11 is 0. The molecule has 0 saturated carbocycles. The van der Waals surface area contributed by atoms with E-state index in [0.717, 1.165) is 11.6 Å². The van der Waals surface area contributed by atoms with E-state index in [1.165, 1.54) is 16.4 Å². The topological polar surface area (TPSA) is 129 Å². The fourth-order valence-corrected chi connectivity index (χ4v) is 4.10. The normalized spacial score (nSPS) is 11.9. The first-order chi connectivity index (χ1) is 13.7. The standard InChI is InChI=1S/C19H21N5O4S/c1-4-23(5-2)29(27,28)17-10-11-18(19(12-17)24(25)26)22-21-14(3)16-8-6-15(13-20)7-9-16/h6-12,22H,4-5H2,1-3H3/b21-14+. The molecule has 0 atom stereocenters. The zero-order chi connectivity index (χ0) is 21.6. The number of hydrogen-bond acceptors (Lipinski definition) is 7. The molecule has 0 aliphatic heterocycles. The summed E-state index contributed by atoms with van der Waals surface area (Å²) in [5.41, 5.74) is 4.10. The molecule has 152 valence electrons. The van der Waals surface area contributed by atoms with Gasteiger partial charge in [-0.05, 0) is 36.8 Å². The van der Waals surface area contributed by atoms with Crippen molar-refractivity contribution in [1.29, 1.82) is 5.26 Å². The summed E-state index contributed by atoms with van der Waals surface area (Å²) in [6, 6.07) is 12.4. The molecule has 0 saturated heterocycles. The van der Waals surface area contributed by atoms with Crippen molar-refractivity contribution in [3.05, 3.63) is 63.7 Å². The average molecular weight is 415 g/mol. The lowest BCUT2D eigenvalue weighted by atomic mass is 10.1. The molecule has 0 spiro atoms. The molecule has 0 aromatic heterocycles. The fraction of sp³-hybridized carbons (Fsp3) is 0.263. The first kappa shape index (κ1) is 22.0. The zero-order valence-electron chi connectivity index (χ0n) is 16.3. The van der Waals surface area contributed by atoms with E-state index in [1.807, 2.05) is 6.07 Å². The highest BCUT2D eigenvalue weighted by molar-refractivity contribution is 7.89. The fourth-order valence-electron chi connectivity index (χ4n) is 2.62. The number of nitro groups is 1. The Labute approximate surface area is 169 Å². The number of sulfonamides is 1. The number of hydrogen-bond donors (Lipinski definition) is 1. The molecular weight excluding hydrogens is 394 g/mol. The van der Waals surface area contributed by atoms with Crippen LogP contribution in [-0.2, 0) is 10.0 Å². The zero-order valence-corrected chi connectivity index (χ0v) is 17.1. The van der Waals surface area contributed by atoms with Crippen LogP contribution in [-0.4, -0.2) is 36.4 Å². The molecule has 0 amide bonds. The third kappa shape index (κ3) is 4.96. The minimum atomic E-state index is -3.82. The molecule has 0 heterocycles. The first-order valence-corrected chi connectivity index (χ1v) is 10.3. The van der Waals surface area contributed by atoms with Crippen LogP contribution < -0.4 is 5.43 Å². The Kier molecular flexibility index (Phi) is 7.03. The van der Waals surface area contributed by atoms with Crippen LogP contribution in [0.5, 0.6) is 0 Å². The minimum Gasteiger partial charge on any atom is -0.271 e. The molecule has 0 fully saturated rings. The molecular formula is C19H21N5O4S. The van der Waals surface area contributed by atoms with E-state index in [1.54, 1.807) is 45.0 Å². The molecule has 2 rings (SSSR count). The molecule has 0 aliphatic rings. The molecule has 0 radical (unpaired) electrons. The Hall–Kier alpha value is -3.29. The van der Waals surface area contributed by atoms with Gasteiger partial charge in [-0.15, -0.1) is 0 Å². The Balaban J connectivity index is 2.36. The third-order valence-corrected chi connectivity index (χ3v) is 6.33. The van der Waals surface area contributed by atoms with Crippen LogP contribution in [0, 0.1) is 21.4 Å². The average Bonchev–Trinajstić information content (AvgIpc) is 2.72. The maximum absolute atomic E-state index is 12.6. The van der Waals surface area contributed by atoms with Crippen molar-refractivity contribution in [2.75, 3.05) is 18.5 Å². The van der Waals surface area contributed by atoms with Crippen LogP contribution in [0.1, 0.15) is 31.9 Å². The molecule has 10 heteroatoms. The maximum Gasteiger partial charge on any atom is 0.295 e. The van der Waals surface area contributed by atoms with Crippen molar-refractivity contribution in [1.82, 2.24) is 4.31 Å². The Bertz CT molecular complexity index is 1070. The second-order valence-corrected chi connectivity index (χ2v) is 7.96. The van der Waals surface area contributed by atoms with Crippen LogP contribution in [0.25, 0.3) is 0 Å². The predicted octanol–water partition coefficient (Wildman–Crippen LogP) is 3.33. The number of anilines is 1. The molecule has 2 aromatic rings. The smallest absolute Gasteiger partial charge is 0.271 e. The van der Waals surface area contributed by atoms with E-state index >= 15 is 0 Å². The van der Waals surface area contributed by atoms with Crippen molar-refractivity contribution < 1.29 is 13.3 Å². The third-order valence-electron chi connectivity index (χ3n) is 4.28. The van der Waals surface area contributed by atoms with Gasteiger partial charge in [-0.3, -0.25) is 15.5 Å². The van der Waals surface area contributed by atoms with Crippen LogP contribution in [0.2, 0.25) is 0 Å². The number of nitriles is 1. The first-order valence-electron chi connectivity index (χ1n) is 8.84. The molecule has 0 aliphatic carbocycles. The Morgan fingerprint density at radius 2 is 1.83 bits per heavy atom. The summed E-state index contributed by atoms with van der Waals surface area (Å²) in [6.45, 7) is 5.64. The number of nitro benzene ring substituents is 1. The monoisotopic (exact) mass is 415 g/mol. The highest BCUT2D eigenvalue weighted by Gasteiger charge is 2.25. The number of hydrazone groups is 1. The molecule has 2 aromatic carbocycles. The van der Waals surface area contributed by atoms with E-state index in [0.29, 0.717) is 11.3 Å². The Morgan fingerprint density at radius 3 is 2.34 bits per heavy atom. The number of rotatable bonds is 8. The van der Waals surface area contributed by atoms with Gasteiger partial charge in [0.2, 0.25) is 10.0 Å². The molecule has 0 unspecified atom stereocenters. The number of nitrogens with one attached hydrogen (secondary N) is 1. The highest BCUT2D eigenvalue weighted by Crippen LogP contribution is 2.29. The summed E-state index contributed by atoms with van der Waals surface area (Å²) in [5, 5.41) is 24.5. The van der Waals surface area contributed by atoms with Gasteiger partial charge in [-0.1, -0.05) is 26.0 Å². The van der Waals surface area contributed by atoms with E-state index < -0.39 is 20.6 Å². The van der Waals surface area contributed by atoms with Gasteiger partial charge >= 0.3 is 0 Å². The summed E-state index contributed by atoms with van der Waals surface area (Å²) < 4.78 is 26.5. The number of nitrogens with zero attached hydrogens (tertiary/aromatic N) is 4. The van der Waals surface area contributed by atoms with Crippen molar-refractivity contribution in [2.45, 2.75) is 25.7 Å². The molecule has 0 bridgehead atoms. The van der Waals surface area contributed by atoms with Gasteiger partial charge in [0.15, 0.2) is 0 Å². The van der Waals surface area contributed by atoms with Crippen molar-refractivity contribution in [2.24, 2.45) is 5.10 Å². The van der Waals surface area contributed by atoms with Crippen molar-refractivity contribution in [3.63, 3.8) is 0 Å². The van der Waals surface area contributed by atoms with Gasteiger partial charge in [-0.2, -0.15) is 14.7 Å². The largest absolute Gasteiger partial charge is 0.295 e.